The van der Waals surface area contributed by atoms with Gasteiger partial charge in [-0.2, -0.15) is 0 Å². The van der Waals surface area contributed by atoms with Crippen LogP contribution in [0.1, 0.15) is 45.4 Å². The van der Waals surface area contributed by atoms with Gasteiger partial charge in [0, 0.05) is 10.7 Å². The molecule has 0 amide bonds. The van der Waals surface area contributed by atoms with Crippen molar-refractivity contribution >= 4 is 31.3 Å². The zero-order valence-electron chi connectivity index (χ0n) is 7.80. The second-order valence-corrected chi connectivity index (χ2v) is 6.68. The first kappa shape index (κ1) is 13.5. The Morgan fingerprint density at radius 3 is 2.15 bits per heavy atom. The summed E-state index contributed by atoms with van der Waals surface area (Å²) in [6.45, 7) is 2.13. The molecule has 0 heterocycles. The van der Waals surface area contributed by atoms with Gasteiger partial charge in [-0.05, 0) is 6.42 Å². The van der Waals surface area contributed by atoms with E-state index in [2.05, 4.69) is 6.92 Å². The summed E-state index contributed by atoms with van der Waals surface area (Å²) in [5.41, 5.74) is 0. The predicted octanol–water partition coefficient (Wildman–Crippen LogP) is 3.48. The van der Waals surface area contributed by atoms with Crippen LogP contribution in [-0.2, 0) is 9.05 Å². The van der Waals surface area contributed by atoms with Crippen molar-refractivity contribution in [1.29, 1.82) is 0 Å². The van der Waals surface area contributed by atoms with Crippen molar-refractivity contribution in [2.75, 3.05) is 0 Å². The van der Waals surface area contributed by atoms with Crippen LogP contribution in [0.15, 0.2) is 0 Å². The highest BCUT2D eigenvalue weighted by atomic mass is 35.7. The molecule has 0 saturated carbocycles. The lowest BCUT2D eigenvalue weighted by molar-refractivity contribution is 0.587. The molecular weight excluding hydrogens is 231 g/mol. The number of hydrogen-bond donors (Lipinski definition) is 0. The summed E-state index contributed by atoms with van der Waals surface area (Å²) in [6, 6.07) is 0. The van der Waals surface area contributed by atoms with E-state index in [0.717, 1.165) is 19.3 Å². The van der Waals surface area contributed by atoms with Crippen LogP contribution in [0.5, 0.6) is 0 Å². The average molecular weight is 247 g/mol. The van der Waals surface area contributed by atoms with Crippen molar-refractivity contribution < 1.29 is 8.42 Å². The number of unbranched alkanes of at least 4 members (excludes halogenated alkanes) is 4. The van der Waals surface area contributed by atoms with E-state index < -0.39 is 13.8 Å². The van der Waals surface area contributed by atoms with Gasteiger partial charge in [0.15, 0.2) is 0 Å². The lowest BCUT2D eigenvalue weighted by Gasteiger charge is -2.04. The molecule has 0 N–H and O–H groups in total. The van der Waals surface area contributed by atoms with E-state index in [9.17, 15) is 8.42 Å². The summed E-state index contributed by atoms with van der Waals surface area (Å²) in [7, 11) is 1.51. The van der Waals surface area contributed by atoms with Gasteiger partial charge in [0.1, 0.15) is 4.71 Å². The molecule has 0 aliphatic rings. The van der Waals surface area contributed by atoms with E-state index in [4.69, 9.17) is 22.3 Å². The van der Waals surface area contributed by atoms with E-state index in [1.54, 1.807) is 0 Å². The largest absolute Gasteiger partial charge is 0.249 e. The fourth-order valence-electron chi connectivity index (χ4n) is 1.05. The van der Waals surface area contributed by atoms with E-state index in [1.165, 1.54) is 12.8 Å². The Balaban J connectivity index is 3.44. The highest BCUT2D eigenvalue weighted by molar-refractivity contribution is 8.15. The normalized spacial score (nSPS) is 14.4. The van der Waals surface area contributed by atoms with Crippen molar-refractivity contribution in [3.8, 4) is 0 Å². The second-order valence-electron chi connectivity index (χ2n) is 3.09. The quantitative estimate of drug-likeness (QED) is 0.392. The molecule has 0 aromatic heterocycles. The molecule has 13 heavy (non-hydrogen) atoms. The molecule has 0 spiro atoms. The first-order valence-corrected chi connectivity index (χ1v) is 7.37. The Labute approximate surface area is 90.0 Å². The van der Waals surface area contributed by atoms with Crippen LogP contribution in [0.2, 0.25) is 0 Å². The smallest absolute Gasteiger partial charge is 0.211 e. The molecule has 2 nitrogen and oxygen atoms in total. The lowest BCUT2D eigenvalue weighted by atomic mass is 10.1. The molecule has 1 atom stereocenters. The molecule has 5 heteroatoms. The number of rotatable bonds is 7. The monoisotopic (exact) mass is 246 g/mol. The zero-order chi connectivity index (χ0) is 10.3. The minimum Gasteiger partial charge on any atom is -0.211 e. The Bertz CT molecular complexity index is 214. The van der Waals surface area contributed by atoms with Gasteiger partial charge in [-0.3, -0.25) is 0 Å². The van der Waals surface area contributed by atoms with Gasteiger partial charge in [0.2, 0.25) is 9.05 Å². The zero-order valence-corrected chi connectivity index (χ0v) is 10.1. The Morgan fingerprint density at radius 2 is 1.69 bits per heavy atom. The minimum absolute atomic E-state index is 0.455. The first-order chi connectivity index (χ1) is 5.98. The summed E-state index contributed by atoms with van der Waals surface area (Å²) in [4.78, 5) is 0. The van der Waals surface area contributed by atoms with Crippen LogP contribution in [0.25, 0.3) is 0 Å². The molecule has 0 rings (SSSR count). The molecule has 1 unspecified atom stereocenters. The predicted molar refractivity (Wildman–Crippen MR) is 57.8 cm³/mol. The maximum atomic E-state index is 10.7. The van der Waals surface area contributed by atoms with Crippen LogP contribution in [0, 0.1) is 0 Å². The Kier molecular flexibility index (Phi) is 7.19. The summed E-state index contributed by atoms with van der Waals surface area (Å²) in [5, 5.41) is 0. The van der Waals surface area contributed by atoms with Crippen molar-refractivity contribution in [2.24, 2.45) is 0 Å². The van der Waals surface area contributed by atoms with Gasteiger partial charge in [-0.25, -0.2) is 8.42 Å². The standard InChI is InChI=1S/C8H16Cl2O2S/c1-2-3-4-5-6-7-8(9)13(10,11)12/h8H,2-7H2,1H3. The Morgan fingerprint density at radius 1 is 1.15 bits per heavy atom. The molecular formula is C8H16Cl2O2S. The molecule has 0 aromatic carbocycles. The SMILES string of the molecule is CCCCCCCC(Cl)S(=O)(=O)Cl. The molecule has 0 aromatic rings. The maximum absolute atomic E-state index is 10.7. The molecule has 0 aliphatic heterocycles. The molecule has 80 valence electrons. The van der Waals surface area contributed by atoms with Crippen molar-refractivity contribution in [3.05, 3.63) is 0 Å². The highest BCUT2D eigenvalue weighted by Gasteiger charge is 2.18. The summed E-state index contributed by atoms with van der Waals surface area (Å²) in [5.74, 6) is 0. The topological polar surface area (TPSA) is 34.1 Å². The lowest BCUT2D eigenvalue weighted by Crippen LogP contribution is -2.07. The third-order valence-corrected chi connectivity index (χ3v) is 4.53. The summed E-state index contributed by atoms with van der Waals surface area (Å²) < 4.78 is 20.4. The van der Waals surface area contributed by atoms with Crippen molar-refractivity contribution in [2.45, 2.75) is 50.2 Å². The molecule has 0 saturated heterocycles. The van der Waals surface area contributed by atoms with Gasteiger partial charge >= 0.3 is 0 Å². The molecule has 0 aliphatic carbocycles. The fraction of sp³-hybridized carbons (Fsp3) is 1.00. The maximum Gasteiger partial charge on any atom is 0.249 e. The van der Waals surface area contributed by atoms with E-state index in [0.29, 0.717) is 6.42 Å². The number of hydrogen-bond acceptors (Lipinski definition) is 2. The third kappa shape index (κ3) is 7.59. The molecule has 0 bridgehead atoms. The number of alkyl halides is 1. The van der Waals surface area contributed by atoms with Crippen LogP contribution in [0.3, 0.4) is 0 Å². The summed E-state index contributed by atoms with van der Waals surface area (Å²) in [6.07, 6.45) is 5.84. The minimum atomic E-state index is -3.56. The molecule has 0 fully saturated rings. The second kappa shape index (κ2) is 6.91. The van der Waals surface area contributed by atoms with E-state index in [1.807, 2.05) is 0 Å². The Hall–Kier alpha value is 0.530. The fourth-order valence-corrected chi connectivity index (χ4v) is 1.92. The van der Waals surface area contributed by atoms with Crippen molar-refractivity contribution in [1.82, 2.24) is 0 Å². The van der Waals surface area contributed by atoms with Crippen molar-refractivity contribution in [3.63, 3.8) is 0 Å². The van der Waals surface area contributed by atoms with Gasteiger partial charge in [-0.15, -0.1) is 11.6 Å². The van der Waals surface area contributed by atoms with Gasteiger partial charge in [-0.1, -0.05) is 39.0 Å². The van der Waals surface area contributed by atoms with Crippen LogP contribution >= 0.6 is 22.3 Å². The summed E-state index contributed by atoms with van der Waals surface area (Å²) >= 11 is 5.55. The van der Waals surface area contributed by atoms with E-state index in [-0.39, 0.29) is 0 Å². The van der Waals surface area contributed by atoms with Gasteiger partial charge in [0.05, 0.1) is 0 Å². The van der Waals surface area contributed by atoms with Gasteiger partial charge < -0.3 is 0 Å². The van der Waals surface area contributed by atoms with E-state index >= 15 is 0 Å². The first-order valence-electron chi connectivity index (χ1n) is 4.56. The van der Waals surface area contributed by atoms with Gasteiger partial charge in [0.25, 0.3) is 0 Å². The van der Waals surface area contributed by atoms with Crippen LogP contribution in [-0.4, -0.2) is 13.1 Å². The number of halogens is 2. The third-order valence-electron chi connectivity index (χ3n) is 1.84. The van der Waals surface area contributed by atoms with Crippen LogP contribution in [0.4, 0.5) is 0 Å². The van der Waals surface area contributed by atoms with Crippen LogP contribution < -0.4 is 0 Å². The average Bonchev–Trinajstić information content (AvgIpc) is 2.02. The molecule has 0 radical (unpaired) electrons. The highest BCUT2D eigenvalue weighted by Crippen LogP contribution is 2.19.